The summed E-state index contributed by atoms with van der Waals surface area (Å²) in [6.45, 7) is 5.02. The number of nitrogens with one attached hydrogen (secondary N) is 2. The minimum absolute atomic E-state index is 0.0225. The lowest BCUT2D eigenvalue weighted by molar-refractivity contribution is 0.0933. The zero-order valence-electron chi connectivity index (χ0n) is 9.08. The van der Waals surface area contributed by atoms with Gasteiger partial charge in [-0.25, -0.2) is 0 Å². The number of para-hydroxylation sites is 1. The molecule has 1 unspecified atom stereocenters. The van der Waals surface area contributed by atoms with Gasteiger partial charge in [0.05, 0.1) is 5.56 Å². The van der Waals surface area contributed by atoms with Gasteiger partial charge in [-0.05, 0) is 18.1 Å². The number of rotatable bonds is 1. The third-order valence-corrected chi connectivity index (χ3v) is 2.81. The number of benzene rings is 1. The first-order valence-electron chi connectivity index (χ1n) is 5.32. The highest BCUT2D eigenvalue weighted by atomic mass is 16.1. The Kier molecular flexibility index (Phi) is 2.62. The maximum atomic E-state index is 11.9. The van der Waals surface area contributed by atoms with Crippen LogP contribution in [0.25, 0.3) is 0 Å². The number of carbonyl (C=O) groups excluding carboxylic acids is 1. The normalized spacial score (nSPS) is 20.2. The van der Waals surface area contributed by atoms with Crippen LogP contribution >= 0.6 is 0 Å². The van der Waals surface area contributed by atoms with Gasteiger partial charge < -0.3 is 10.6 Å². The fourth-order valence-corrected chi connectivity index (χ4v) is 1.75. The summed E-state index contributed by atoms with van der Waals surface area (Å²) in [6.07, 6.45) is 0. The lowest BCUT2D eigenvalue weighted by Gasteiger charge is -2.19. The molecule has 2 rings (SSSR count). The van der Waals surface area contributed by atoms with E-state index in [1.54, 1.807) is 0 Å². The first-order valence-corrected chi connectivity index (χ1v) is 5.32. The van der Waals surface area contributed by atoms with Gasteiger partial charge in [-0.1, -0.05) is 26.0 Å². The van der Waals surface area contributed by atoms with Crippen LogP contribution < -0.4 is 10.6 Å². The summed E-state index contributed by atoms with van der Waals surface area (Å²) in [5.41, 5.74) is 1.67. The molecule has 0 fully saturated rings. The van der Waals surface area contributed by atoms with Crippen LogP contribution in [0.4, 0.5) is 5.69 Å². The van der Waals surface area contributed by atoms with Crippen molar-refractivity contribution in [2.75, 3.05) is 11.9 Å². The molecule has 3 nitrogen and oxygen atoms in total. The van der Waals surface area contributed by atoms with E-state index in [-0.39, 0.29) is 11.9 Å². The molecular formula is C12H16N2O. The molecule has 0 radical (unpaired) electrons. The fraction of sp³-hybridized carbons (Fsp3) is 0.417. The van der Waals surface area contributed by atoms with Crippen molar-refractivity contribution in [3.8, 4) is 0 Å². The maximum absolute atomic E-state index is 11.9. The molecular weight excluding hydrogens is 188 g/mol. The molecule has 0 saturated carbocycles. The van der Waals surface area contributed by atoms with Gasteiger partial charge in [-0.3, -0.25) is 4.79 Å². The second kappa shape index (κ2) is 3.93. The van der Waals surface area contributed by atoms with Crippen molar-refractivity contribution < 1.29 is 4.79 Å². The van der Waals surface area contributed by atoms with Crippen molar-refractivity contribution in [2.24, 2.45) is 5.92 Å². The van der Waals surface area contributed by atoms with E-state index in [1.165, 1.54) is 0 Å². The third-order valence-electron chi connectivity index (χ3n) is 2.81. The van der Waals surface area contributed by atoms with E-state index in [2.05, 4.69) is 24.5 Å². The van der Waals surface area contributed by atoms with Gasteiger partial charge >= 0.3 is 0 Å². The number of anilines is 1. The highest BCUT2D eigenvalue weighted by Crippen LogP contribution is 2.18. The van der Waals surface area contributed by atoms with Gasteiger partial charge in [0.15, 0.2) is 0 Å². The van der Waals surface area contributed by atoms with Crippen LogP contribution in [0.15, 0.2) is 24.3 Å². The highest BCUT2D eigenvalue weighted by molar-refractivity contribution is 6.00. The van der Waals surface area contributed by atoms with Crippen molar-refractivity contribution in [1.82, 2.24) is 5.32 Å². The molecule has 0 saturated heterocycles. The molecule has 1 atom stereocenters. The Balaban J connectivity index is 2.28. The molecule has 80 valence electrons. The van der Waals surface area contributed by atoms with Crippen molar-refractivity contribution in [3.63, 3.8) is 0 Å². The average molecular weight is 204 g/mol. The smallest absolute Gasteiger partial charge is 0.253 e. The van der Waals surface area contributed by atoms with E-state index in [0.29, 0.717) is 5.92 Å². The Morgan fingerprint density at radius 2 is 2.07 bits per heavy atom. The van der Waals surface area contributed by atoms with Gasteiger partial charge in [0.25, 0.3) is 5.91 Å². The number of amides is 1. The van der Waals surface area contributed by atoms with E-state index >= 15 is 0 Å². The number of hydrogen-bond donors (Lipinski definition) is 2. The minimum atomic E-state index is 0.0225. The second-order valence-electron chi connectivity index (χ2n) is 4.25. The molecule has 1 aromatic carbocycles. The van der Waals surface area contributed by atoms with E-state index in [0.717, 1.165) is 17.8 Å². The van der Waals surface area contributed by atoms with Gasteiger partial charge in [0, 0.05) is 18.3 Å². The predicted octanol–water partition coefficient (Wildman–Crippen LogP) is 1.87. The predicted molar refractivity (Wildman–Crippen MR) is 61.0 cm³/mol. The van der Waals surface area contributed by atoms with Crippen molar-refractivity contribution in [3.05, 3.63) is 29.8 Å². The molecule has 1 aliphatic rings. The Labute approximate surface area is 89.9 Å². The van der Waals surface area contributed by atoms with Crippen LogP contribution in [-0.4, -0.2) is 18.5 Å². The van der Waals surface area contributed by atoms with Crippen molar-refractivity contribution in [2.45, 2.75) is 19.9 Å². The standard InChI is InChI=1S/C12H16N2O/c1-8(2)11-7-13-10-6-4-3-5-9(10)12(15)14-11/h3-6,8,11,13H,7H2,1-2H3,(H,14,15). The molecule has 2 N–H and O–H groups in total. The van der Waals surface area contributed by atoms with Gasteiger partial charge in [0.1, 0.15) is 0 Å². The summed E-state index contributed by atoms with van der Waals surface area (Å²) in [5.74, 6) is 0.463. The summed E-state index contributed by atoms with van der Waals surface area (Å²) < 4.78 is 0. The number of fused-ring (bicyclic) bond motifs is 1. The van der Waals surface area contributed by atoms with Gasteiger partial charge in [-0.15, -0.1) is 0 Å². The minimum Gasteiger partial charge on any atom is -0.382 e. The molecule has 0 aromatic heterocycles. The van der Waals surface area contributed by atoms with Crippen LogP contribution in [0.1, 0.15) is 24.2 Å². The van der Waals surface area contributed by atoms with Gasteiger partial charge in [0.2, 0.25) is 0 Å². The molecule has 15 heavy (non-hydrogen) atoms. The van der Waals surface area contributed by atoms with E-state index in [9.17, 15) is 4.79 Å². The Hall–Kier alpha value is -1.51. The zero-order chi connectivity index (χ0) is 10.8. The summed E-state index contributed by atoms with van der Waals surface area (Å²) in [6, 6.07) is 7.81. The summed E-state index contributed by atoms with van der Waals surface area (Å²) in [7, 11) is 0. The first-order chi connectivity index (χ1) is 7.18. The monoisotopic (exact) mass is 204 g/mol. The SMILES string of the molecule is CC(C)C1CNc2ccccc2C(=O)N1. The average Bonchev–Trinajstić information content (AvgIpc) is 2.39. The number of hydrogen-bond acceptors (Lipinski definition) is 2. The summed E-state index contributed by atoms with van der Waals surface area (Å²) in [5, 5.41) is 6.34. The topological polar surface area (TPSA) is 41.1 Å². The van der Waals surface area contributed by atoms with Crippen LogP contribution in [-0.2, 0) is 0 Å². The summed E-state index contributed by atoms with van der Waals surface area (Å²) in [4.78, 5) is 11.9. The van der Waals surface area contributed by atoms with E-state index < -0.39 is 0 Å². The summed E-state index contributed by atoms with van der Waals surface area (Å²) >= 11 is 0. The molecule has 1 aliphatic heterocycles. The Bertz CT molecular complexity index is 374. The quantitative estimate of drug-likeness (QED) is 0.733. The van der Waals surface area contributed by atoms with Crippen molar-refractivity contribution >= 4 is 11.6 Å². The zero-order valence-corrected chi connectivity index (χ0v) is 9.08. The molecule has 3 heteroatoms. The molecule has 0 bridgehead atoms. The molecule has 1 amide bonds. The first kappa shape index (κ1) is 10.0. The Morgan fingerprint density at radius 1 is 1.33 bits per heavy atom. The van der Waals surface area contributed by atoms with Crippen LogP contribution in [0, 0.1) is 5.92 Å². The second-order valence-corrected chi connectivity index (χ2v) is 4.25. The highest BCUT2D eigenvalue weighted by Gasteiger charge is 2.22. The van der Waals surface area contributed by atoms with Crippen LogP contribution in [0.3, 0.4) is 0 Å². The molecule has 1 heterocycles. The largest absolute Gasteiger partial charge is 0.382 e. The molecule has 0 aliphatic carbocycles. The number of carbonyl (C=O) groups is 1. The van der Waals surface area contributed by atoms with Crippen molar-refractivity contribution in [1.29, 1.82) is 0 Å². The molecule has 1 aromatic rings. The van der Waals surface area contributed by atoms with E-state index in [1.807, 2.05) is 24.3 Å². The lowest BCUT2D eigenvalue weighted by Crippen LogP contribution is -2.40. The van der Waals surface area contributed by atoms with E-state index in [4.69, 9.17) is 0 Å². The fourth-order valence-electron chi connectivity index (χ4n) is 1.75. The third kappa shape index (κ3) is 1.96. The van der Waals surface area contributed by atoms with Crippen LogP contribution in [0.5, 0.6) is 0 Å². The maximum Gasteiger partial charge on any atom is 0.253 e. The molecule has 0 spiro atoms. The lowest BCUT2D eigenvalue weighted by atomic mass is 10.0. The Morgan fingerprint density at radius 3 is 2.80 bits per heavy atom. The van der Waals surface area contributed by atoms with Crippen LogP contribution in [0.2, 0.25) is 0 Å². The van der Waals surface area contributed by atoms with Gasteiger partial charge in [-0.2, -0.15) is 0 Å².